The first-order chi connectivity index (χ1) is 20.4. The van der Waals surface area contributed by atoms with E-state index < -0.39 is 28.5 Å². The molecule has 43 heavy (non-hydrogen) atoms. The lowest BCUT2D eigenvalue weighted by atomic mass is 10.1. The van der Waals surface area contributed by atoms with Gasteiger partial charge < -0.3 is 19.7 Å². The van der Waals surface area contributed by atoms with Crippen LogP contribution in [0.15, 0.2) is 65.6 Å². The minimum Gasteiger partial charge on any atom is -0.493 e. The van der Waals surface area contributed by atoms with Crippen LogP contribution < -0.4 is 19.1 Å². The van der Waals surface area contributed by atoms with Crippen LogP contribution in [0, 0.1) is 20.8 Å². The highest BCUT2D eigenvalue weighted by Crippen LogP contribution is 2.33. The van der Waals surface area contributed by atoms with Crippen LogP contribution in [0.5, 0.6) is 11.5 Å². The molecule has 0 aliphatic rings. The zero-order valence-electron chi connectivity index (χ0n) is 26.1. The van der Waals surface area contributed by atoms with Gasteiger partial charge in [-0.25, -0.2) is 8.42 Å². The second-order valence-electron chi connectivity index (χ2n) is 10.6. The largest absolute Gasteiger partial charge is 0.493 e. The molecule has 0 bridgehead atoms. The van der Waals surface area contributed by atoms with Gasteiger partial charge in [0.05, 0.1) is 24.8 Å². The van der Waals surface area contributed by atoms with Crippen molar-refractivity contribution in [2.24, 2.45) is 0 Å². The number of hydrogen-bond donors (Lipinski definition) is 1. The maximum atomic E-state index is 14.3. The van der Waals surface area contributed by atoms with Crippen molar-refractivity contribution in [1.82, 2.24) is 10.2 Å². The van der Waals surface area contributed by atoms with Gasteiger partial charge in [0.1, 0.15) is 12.6 Å². The van der Waals surface area contributed by atoms with Crippen molar-refractivity contribution in [3.05, 3.63) is 82.9 Å². The summed E-state index contributed by atoms with van der Waals surface area (Å²) in [6.07, 6.45) is 1.73. The first-order valence-electron chi connectivity index (χ1n) is 14.4. The Morgan fingerprint density at radius 3 is 2.16 bits per heavy atom. The quantitative estimate of drug-likeness (QED) is 0.253. The van der Waals surface area contributed by atoms with Gasteiger partial charge in [-0.05, 0) is 80.6 Å². The normalized spacial score (nSPS) is 11.9. The van der Waals surface area contributed by atoms with Crippen LogP contribution in [0.25, 0.3) is 0 Å². The van der Waals surface area contributed by atoms with Crippen LogP contribution in [0.1, 0.15) is 48.9 Å². The van der Waals surface area contributed by atoms with Crippen molar-refractivity contribution < 1.29 is 27.5 Å². The summed E-state index contributed by atoms with van der Waals surface area (Å²) >= 11 is 0. The number of rotatable bonds is 14. The van der Waals surface area contributed by atoms with E-state index in [4.69, 9.17) is 9.47 Å². The van der Waals surface area contributed by atoms with Crippen molar-refractivity contribution in [2.45, 2.75) is 64.9 Å². The first-order valence-corrected chi connectivity index (χ1v) is 15.8. The number of ether oxygens (including phenoxy) is 2. The predicted octanol–water partition coefficient (Wildman–Crippen LogP) is 5.16. The molecule has 0 aliphatic heterocycles. The van der Waals surface area contributed by atoms with E-state index >= 15 is 0 Å². The molecule has 10 heteroatoms. The average Bonchev–Trinajstić information content (AvgIpc) is 2.98. The Labute approximate surface area is 255 Å². The summed E-state index contributed by atoms with van der Waals surface area (Å²) in [7, 11) is -1.37. The van der Waals surface area contributed by atoms with Crippen LogP contribution in [-0.4, -0.2) is 58.5 Å². The molecule has 9 nitrogen and oxygen atoms in total. The molecular formula is C33H43N3O6S. The van der Waals surface area contributed by atoms with E-state index in [1.807, 2.05) is 58.0 Å². The lowest BCUT2D eigenvalue weighted by Gasteiger charge is -2.32. The predicted molar refractivity (Wildman–Crippen MR) is 169 cm³/mol. The highest BCUT2D eigenvalue weighted by atomic mass is 32.2. The summed E-state index contributed by atoms with van der Waals surface area (Å²) in [5.41, 5.74) is 3.86. The van der Waals surface area contributed by atoms with Gasteiger partial charge in [0.15, 0.2) is 11.5 Å². The number of amides is 2. The van der Waals surface area contributed by atoms with Gasteiger partial charge in [0, 0.05) is 19.2 Å². The van der Waals surface area contributed by atoms with E-state index in [1.54, 1.807) is 19.1 Å². The van der Waals surface area contributed by atoms with E-state index in [2.05, 4.69) is 5.32 Å². The summed E-state index contributed by atoms with van der Waals surface area (Å²) in [5.74, 6) is -0.183. The molecule has 232 valence electrons. The molecule has 3 aromatic rings. The average molecular weight is 610 g/mol. The SMILES string of the molecule is CCCCNC(=O)[C@@H](C)N(Cc1ccccc1C)C(=O)CN(c1cc(C)cc(C)c1)S(=O)(=O)c1ccc(OC)c(OC)c1. The lowest BCUT2D eigenvalue weighted by Crippen LogP contribution is -2.51. The molecule has 0 heterocycles. The second-order valence-corrected chi connectivity index (χ2v) is 12.5. The fourth-order valence-corrected chi connectivity index (χ4v) is 6.23. The molecule has 0 fully saturated rings. The molecule has 1 N–H and O–H groups in total. The monoisotopic (exact) mass is 609 g/mol. The van der Waals surface area contributed by atoms with Gasteiger partial charge in [-0.3, -0.25) is 13.9 Å². The van der Waals surface area contributed by atoms with Crippen LogP contribution in [0.2, 0.25) is 0 Å². The second kappa shape index (κ2) is 14.9. The van der Waals surface area contributed by atoms with Gasteiger partial charge >= 0.3 is 0 Å². The number of hydrogen-bond acceptors (Lipinski definition) is 6. The number of nitrogens with one attached hydrogen (secondary N) is 1. The van der Waals surface area contributed by atoms with Crippen molar-refractivity contribution in [1.29, 1.82) is 0 Å². The topological polar surface area (TPSA) is 105 Å². The summed E-state index contributed by atoms with van der Waals surface area (Å²) in [5, 5.41) is 2.91. The lowest BCUT2D eigenvalue weighted by molar-refractivity contribution is -0.139. The highest BCUT2D eigenvalue weighted by molar-refractivity contribution is 7.92. The molecule has 0 spiro atoms. The Balaban J connectivity index is 2.09. The van der Waals surface area contributed by atoms with Gasteiger partial charge in [-0.1, -0.05) is 43.7 Å². The molecule has 0 aromatic heterocycles. The number of nitrogens with zero attached hydrogens (tertiary/aromatic N) is 2. The van der Waals surface area contributed by atoms with Crippen molar-refractivity contribution in [2.75, 3.05) is 31.6 Å². The zero-order valence-corrected chi connectivity index (χ0v) is 27.0. The Morgan fingerprint density at radius 2 is 1.56 bits per heavy atom. The Kier molecular flexibility index (Phi) is 11.6. The van der Waals surface area contributed by atoms with E-state index in [1.165, 1.54) is 37.3 Å². The number of carbonyl (C=O) groups excluding carboxylic acids is 2. The Morgan fingerprint density at radius 1 is 0.907 bits per heavy atom. The molecule has 0 aliphatic carbocycles. The van der Waals surface area contributed by atoms with Gasteiger partial charge in [0.2, 0.25) is 11.8 Å². The third kappa shape index (κ3) is 8.28. The van der Waals surface area contributed by atoms with Crippen molar-refractivity contribution >= 4 is 27.5 Å². The fraction of sp³-hybridized carbons (Fsp3) is 0.394. The Bertz CT molecular complexity index is 1520. The molecule has 3 aromatic carbocycles. The molecular weight excluding hydrogens is 566 g/mol. The third-order valence-electron chi connectivity index (χ3n) is 7.32. The maximum Gasteiger partial charge on any atom is 0.264 e. The first kappa shape index (κ1) is 33.5. The number of carbonyl (C=O) groups is 2. The maximum absolute atomic E-state index is 14.3. The minimum absolute atomic E-state index is 0.0621. The molecule has 0 saturated carbocycles. The van der Waals surface area contributed by atoms with Crippen LogP contribution >= 0.6 is 0 Å². The summed E-state index contributed by atoms with van der Waals surface area (Å²) < 4.78 is 40.3. The molecule has 0 radical (unpaired) electrons. The number of unbranched alkanes of at least 4 members (excludes halogenated alkanes) is 1. The van der Waals surface area contributed by atoms with E-state index in [0.717, 1.165) is 39.4 Å². The van der Waals surface area contributed by atoms with Crippen LogP contribution in [0.4, 0.5) is 5.69 Å². The highest BCUT2D eigenvalue weighted by Gasteiger charge is 2.33. The van der Waals surface area contributed by atoms with Crippen LogP contribution in [-0.2, 0) is 26.2 Å². The molecule has 0 unspecified atom stereocenters. The number of aryl methyl sites for hydroxylation is 3. The van der Waals surface area contributed by atoms with E-state index in [0.29, 0.717) is 18.0 Å². The minimum atomic E-state index is -4.27. The molecule has 0 saturated heterocycles. The number of sulfonamides is 1. The van der Waals surface area contributed by atoms with Gasteiger partial charge in [-0.15, -0.1) is 0 Å². The van der Waals surface area contributed by atoms with Crippen molar-refractivity contribution in [3.63, 3.8) is 0 Å². The van der Waals surface area contributed by atoms with Gasteiger partial charge in [0.25, 0.3) is 10.0 Å². The molecule has 1 atom stereocenters. The third-order valence-corrected chi connectivity index (χ3v) is 9.08. The standard InChI is InChI=1S/C33H43N3O6S/c1-8-9-16-34-33(38)26(5)35(21-27-13-11-10-12-25(27)4)32(37)22-36(28-18-23(2)17-24(3)19-28)43(39,40)29-14-15-30(41-6)31(20-29)42-7/h10-15,17-20,26H,8-9,16,21-22H2,1-7H3,(H,34,38)/t26-/m1/s1. The summed E-state index contributed by atoms with van der Waals surface area (Å²) in [6, 6.07) is 16.5. The van der Waals surface area contributed by atoms with E-state index in [9.17, 15) is 18.0 Å². The van der Waals surface area contributed by atoms with Gasteiger partial charge in [-0.2, -0.15) is 0 Å². The van der Waals surface area contributed by atoms with E-state index in [-0.39, 0.29) is 23.1 Å². The van der Waals surface area contributed by atoms with Crippen LogP contribution in [0.3, 0.4) is 0 Å². The summed E-state index contributed by atoms with van der Waals surface area (Å²) in [4.78, 5) is 28.7. The fourth-order valence-electron chi connectivity index (χ4n) is 4.82. The smallest absolute Gasteiger partial charge is 0.264 e. The zero-order chi connectivity index (χ0) is 31.7. The molecule has 2 amide bonds. The molecule has 3 rings (SSSR count). The number of methoxy groups -OCH3 is 2. The Hall–Kier alpha value is -4.05. The number of anilines is 1. The summed E-state index contributed by atoms with van der Waals surface area (Å²) in [6.45, 7) is 9.50. The van der Waals surface area contributed by atoms with Crippen molar-refractivity contribution in [3.8, 4) is 11.5 Å². The number of benzene rings is 3.